The van der Waals surface area contributed by atoms with Crippen LogP contribution in [0.2, 0.25) is 0 Å². The Balaban J connectivity index is 1.60. The number of amides is 1. The topological polar surface area (TPSA) is 71.8 Å². The molecule has 6 nitrogen and oxygen atoms in total. The normalized spacial score (nSPS) is 19.9. The molecule has 88 valence electrons. The van der Waals surface area contributed by atoms with Crippen LogP contribution in [0.25, 0.3) is 0 Å². The molecule has 0 radical (unpaired) electrons. The van der Waals surface area contributed by atoms with E-state index < -0.39 is 0 Å². The van der Waals surface area contributed by atoms with Crippen molar-refractivity contribution in [3.63, 3.8) is 0 Å². The van der Waals surface area contributed by atoms with Gasteiger partial charge in [-0.1, -0.05) is 5.21 Å². The predicted octanol–water partition coefficient (Wildman–Crippen LogP) is -0.464. The number of carbonyl (C=O) groups is 1. The lowest BCUT2D eigenvalue weighted by Gasteiger charge is -2.10. The fraction of sp³-hybridized carbons (Fsp3) is 0.700. The maximum Gasteiger partial charge on any atom is 0.241 e. The molecule has 0 aliphatic carbocycles. The van der Waals surface area contributed by atoms with E-state index in [1.54, 1.807) is 12.4 Å². The molecule has 6 heteroatoms. The Hall–Kier alpha value is -1.43. The highest BCUT2D eigenvalue weighted by atomic mass is 16.2. The number of carbonyl (C=O) groups excluding carboxylic acids is 1. The predicted molar refractivity (Wildman–Crippen MR) is 58.7 cm³/mol. The van der Waals surface area contributed by atoms with E-state index in [2.05, 4.69) is 20.9 Å². The first-order valence-corrected chi connectivity index (χ1v) is 5.69. The van der Waals surface area contributed by atoms with Gasteiger partial charge in [-0.25, -0.2) is 4.68 Å². The van der Waals surface area contributed by atoms with Gasteiger partial charge in [0.25, 0.3) is 0 Å². The summed E-state index contributed by atoms with van der Waals surface area (Å²) in [6.45, 7) is 2.08. The second-order valence-corrected chi connectivity index (χ2v) is 4.03. The highest BCUT2D eigenvalue weighted by Gasteiger charge is 2.13. The van der Waals surface area contributed by atoms with E-state index in [1.165, 1.54) is 17.5 Å². The zero-order chi connectivity index (χ0) is 11.2. The minimum absolute atomic E-state index is 0.0107. The molecule has 0 spiro atoms. The van der Waals surface area contributed by atoms with Crippen LogP contribution >= 0.6 is 0 Å². The van der Waals surface area contributed by atoms with Crippen LogP contribution in [0, 0.1) is 0 Å². The van der Waals surface area contributed by atoms with Crippen LogP contribution in [-0.2, 0) is 11.3 Å². The molecule has 1 saturated heterocycles. The molecule has 16 heavy (non-hydrogen) atoms. The number of nitrogens with zero attached hydrogens (tertiary/aromatic N) is 3. The Labute approximate surface area is 94.4 Å². The lowest BCUT2D eigenvalue weighted by Crippen LogP contribution is -2.32. The molecule has 0 bridgehead atoms. The number of rotatable bonds is 5. The highest BCUT2D eigenvalue weighted by Crippen LogP contribution is 2.07. The van der Waals surface area contributed by atoms with Crippen molar-refractivity contribution in [3.8, 4) is 0 Å². The van der Waals surface area contributed by atoms with Gasteiger partial charge in [0.2, 0.25) is 5.91 Å². The number of aromatic nitrogens is 3. The number of hydrogen-bond donors (Lipinski definition) is 2. The van der Waals surface area contributed by atoms with E-state index in [0.29, 0.717) is 6.04 Å². The van der Waals surface area contributed by atoms with E-state index >= 15 is 0 Å². The van der Waals surface area contributed by atoms with Gasteiger partial charge in [-0.15, -0.1) is 5.10 Å². The average Bonchev–Trinajstić information content (AvgIpc) is 2.90. The van der Waals surface area contributed by atoms with Crippen molar-refractivity contribution in [1.82, 2.24) is 25.6 Å². The first kappa shape index (κ1) is 11.1. The summed E-state index contributed by atoms with van der Waals surface area (Å²) in [5.41, 5.74) is 0. The maximum absolute atomic E-state index is 11.5. The Morgan fingerprint density at radius 2 is 2.56 bits per heavy atom. The molecule has 0 saturated carbocycles. The van der Waals surface area contributed by atoms with E-state index in [4.69, 9.17) is 0 Å². The van der Waals surface area contributed by atoms with Gasteiger partial charge >= 0.3 is 0 Å². The van der Waals surface area contributed by atoms with Gasteiger partial charge in [0.1, 0.15) is 6.54 Å². The third-order valence-corrected chi connectivity index (χ3v) is 2.75. The summed E-state index contributed by atoms with van der Waals surface area (Å²) in [5.74, 6) is -0.0107. The summed E-state index contributed by atoms with van der Waals surface area (Å²) in [6.07, 6.45) is 6.72. The van der Waals surface area contributed by atoms with E-state index in [0.717, 1.165) is 19.5 Å². The smallest absolute Gasteiger partial charge is 0.241 e. The minimum atomic E-state index is -0.0107. The molecule has 1 amide bonds. The summed E-state index contributed by atoms with van der Waals surface area (Å²) in [7, 11) is 0. The van der Waals surface area contributed by atoms with Gasteiger partial charge in [-0.3, -0.25) is 4.79 Å². The third kappa shape index (κ3) is 3.30. The Morgan fingerprint density at radius 1 is 1.62 bits per heavy atom. The maximum atomic E-state index is 11.5. The van der Waals surface area contributed by atoms with Gasteiger partial charge < -0.3 is 10.6 Å². The van der Waals surface area contributed by atoms with E-state index in [9.17, 15) is 4.79 Å². The molecule has 2 heterocycles. The first-order valence-electron chi connectivity index (χ1n) is 5.69. The molecular weight excluding hydrogens is 206 g/mol. The molecule has 1 aromatic heterocycles. The summed E-state index contributed by atoms with van der Waals surface area (Å²) >= 11 is 0. The molecule has 1 unspecified atom stereocenters. The van der Waals surface area contributed by atoms with Gasteiger partial charge in [0.05, 0.1) is 6.20 Å². The van der Waals surface area contributed by atoms with Crippen molar-refractivity contribution in [2.75, 3.05) is 13.1 Å². The summed E-state index contributed by atoms with van der Waals surface area (Å²) in [6, 6.07) is 0.576. The number of nitrogens with one attached hydrogen (secondary N) is 2. The van der Waals surface area contributed by atoms with Crippen LogP contribution in [-0.4, -0.2) is 40.0 Å². The minimum Gasteiger partial charge on any atom is -0.354 e. The van der Waals surface area contributed by atoms with Crippen molar-refractivity contribution in [2.45, 2.75) is 31.8 Å². The molecular formula is C10H17N5O. The lowest BCUT2D eigenvalue weighted by atomic mass is 10.1. The Bertz CT molecular complexity index is 318. The van der Waals surface area contributed by atoms with E-state index in [-0.39, 0.29) is 12.5 Å². The highest BCUT2D eigenvalue weighted by molar-refractivity contribution is 5.75. The van der Waals surface area contributed by atoms with Gasteiger partial charge in [0, 0.05) is 18.8 Å². The van der Waals surface area contributed by atoms with Crippen molar-refractivity contribution in [2.24, 2.45) is 0 Å². The fourth-order valence-corrected chi connectivity index (χ4v) is 1.91. The zero-order valence-electron chi connectivity index (χ0n) is 9.22. The molecule has 1 fully saturated rings. The monoisotopic (exact) mass is 223 g/mol. The molecule has 1 aliphatic heterocycles. The van der Waals surface area contributed by atoms with Crippen LogP contribution in [0.1, 0.15) is 19.3 Å². The second-order valence-electron chi connectivity index (χ2n) is 4.03. The van der Waals surface area contributed by atoms with Crippen molar-refractivity contribution < 1.29 is 4.79 Å². The van der Waals surface area contributed by atoms with Gasteiger partial charge in [-0.2, -0.15) is 0 Å². The van der Waals surface area contributed by atoms with Crippen LogP contribution in [0.4, 0.5) is 0 Å². The largest absolute Gasteiger partial charge is 0.354 e. The first-order chi connectivity index (χ1) is 7.84. The lowest BCUT2D eigenvalue weighted by molar-refractivity contribution is -0.121. The van der Waals surface area contributed by atoms with Crippen molar-refractivity contribution in [1.29, 1.82) is 0 Å². The Morgan fingerprint density at radius 3 is 3.25 bits per heavy atom. The van der Waals surface area contributed by atoms with E-state index in [1.807, 2.05) is 0 Å². The second kappa shape index (κ2) is 5.60. The average molecular weight is 223 g/mol. The standard InChI is InChI=1S/C10H17N5O/c16-10(8-15-7-6-13-14-15)12-5-3-9-2-1-4-11-9/h6-7,9,11H,1-5,8H2,(H,12,16). The van der Waals surface area contributed by atoms with Crippen LogP contribution in [0.3, 0.4) is 0 Å². The van der Waals surface area contributed by atoms with Crippen molar-refractivity contribution in [3.05, 3.63) is 12.4 Å². The molecule has 1 atom stereocenters. The fourth-order valence-electron chi connectivity index (χ4n) is 1.91. The molecule has 2 rings (SSSR count). The molecule has 0 aromatic carbocycles. The quantitative estimate of drug-likeness (QED) is 0.708. The summed E-state index contributed by atoms with van der Waals surface area (Å²) in [4.78, 5) is 11.5. The zero-order valence-corrected chi connectivity index (χ0v) is 9.22. The van der Waals surface area contributed by atoms with Gasteiger partial charge in [0.15, 0.2) is 0 Å². The summed E-state index contributed by atoms with van der Waals surface area (Å²) in [5, 5.41) is 13.7. The van der Waals surface area contributed by atoms with Crippen LogP contribution in [0.5, 0.6) is 0 Å². The van der Waals surface area contributed by atoms with Crippen LogP contribution < -0.4 is 10.6 Å². The summed E-state index contributed by atoms with van der Waals surface area (Å²) < 4.78 is 1.52. The molecule has 1 aromatic rings. The van der Waals surface area contributed by atoms with Crippen LogP contribution in [0.15, 0.2) is 12.4 Å². The molecule has 2 N–H and O–H groups in total. The Kier molecular flexibility index (Phi) is 3.87. The SMILES string of the molecule is O=C(Cn1ccnn1)NCCC1CCCN1. The number of hydrogen-bond acceptors (Lipinski definition) is 4. The van der Waals surface area contributed by atoms with Crippen molar-refractivity contribution >= 4 is 5.91 Å². The van der Waals surface area contributed by atoms with Gasteiger partial charge in [-0.05, 0) is 25.8 Å². The molecule has 1 aliphatic rings. The third-order valence-electron chi connectivity index (χ3n) is 2.75.